The maximum absolute atomic E-state index is 2.55. The summed E-state index contributed by atoms with van der Waals surface area (Å²) in [4.78, 5) is 0. The molecule has 0 saturated heterocycles. The van der Waals surface area contributed by atoms with E-state index in [0.717, 1.165) is 11.8 Å². The molecular weight excluding hydrogens is 276 g/mol. The molecule has 0 radical (unpaired) electrons. The van der Waals surface area contributed by atoms with Crippen molar-refractivity contribution in [3.05, 3.63) is 46.6 Å². The first kappa shape index (κ1) is 15.5. The molecular formula is C23H32. The molecule has 0 aliphatic heterocycles. The van der Waals surface area contributed by atoms with Crippen molar-refractivity contribution in [3.63, 3.8) is 0 Å². The van der Waals surface area contributed by atoms with Gasteiger partial charge < -0.3 is 0 Å². The highest BCUT2D eigenvalue weighted by Crippen LogP contribution is 2.55. The van der Waals surface area contributed by atoms with Crippen LogP contribution in [0.4, 0.5) is 0 Å². The molecule has 4 atom stereocenters. The highest BCUT2D eigenvalue weighted by atomic mass is 14.5. The molecule has 0 aromatic heterocycles. The number of rotatable bonds is 2. The zero-order valence-electron chi connectivity index (χ0n) is 15.4. The second-order valence-electron chi connectivity index (χ2n) is 9.04. The third-order valence-electron chi connectivity index (χ3n) is 7.22. The maximum atomic E-state index is 2.55. The first-order chi connectivity index (χ1) is 11.0. The molecule has 0 N–H and O–H groups in total. The Balaban J connectivity index is 1.69. The van der Waals surface area contributed by atoms with Crippen LogP contribution in [0.2, 0.25) is 0 Å². The van der Waals surface area contributed by atoms with E-state index in [1.165, 1.54) is 38.5 Å². The number of hydrogen-bond acceptors (Lipinski definition) is 0. The minimum Gasteiger partial charge on any atom is -0.0765 e. The summed E-state index contributed by atoms with van der Waals surface area (Å²) in [7, 11) is 0. The molecule has 4 aliphatic carbocycles. The van der Waals surface area contributed by atoms with Crippen LogP contribution in [0, 0.1) is 29.1 Å². The molecule has 0 spiro atoms. The predicted octanol–water partition coefficient (Wildman–Crippen LogP) is 6.62. The standard InChI is InChI=1S/C23H32/c1-15-7-5-9-17-11-13-19(21(15)17)23(3,4)20-14-12-18-10-6-8-16(2)22(18)20/h11-16,19-20H,5-10H2,1-4H3. The van der Waals surface area contributed by atoms with E-state index in [-0.39, 0.29) is 0 Å². The Kier molecular flexibility index (Phi) is 3.70. The van der Waals surface area contributed by atoms with E-state index >= 15 is 0 Å². The summed E-state index contributed by atoms with van der Waals surface area (Å²) in [5, 5.41) is 0. The van der Waals surface area contributed by atoms with E-state index < -0.39 is 0 Å². The molecule has 4 aliphatic rings. The monoisotopic (exact) mass is 308 g/mol. The van der Waals surface area contributed by atoms with Gasteiger partial charge in [-0.05, 0) is 66.9 Å². The lowest BCUT2D eigenvalue weighted by atomic mass is 9.61. The molecule has 4 rings (SSSR count). The largest absolute Gasteiger partial charge is 0.0765 e. The van der Waals surface area contributed by atoms with Crippen molar-refractivity contribution in [2.24, 2.45) is 29.1 Å². The molecule has 0 heteroatoms. The lowest BCUT2D eigenvalue weighted by Gasteiger charge is -2.43. The Bertz CT molecular complexity index is 568. The maximum Gasteiger partial charge on any atom is 0.00484 e. The second kappa shape index (κ2) is 5.50. The van der Waals surface area contributed by atoms with E-state index in [4.69, 9.17) is 0 Å². The third kappa shape index (κ3) is 2.32. The van der Waals surface area contributed by atoms with Crippen molar-refractivity contribution in [2.75, 3.05) is 0 Å². The predicted molar refractivity (Wildman–Crippen MR) is 99.1 cm³/mol. The Morgan fingerprint density at radius 3 is 1.65 bits per heavy atom. The summed E-state index contributed by atoms with van der Waals surface area (Å²) >= 11 is 0. The Labute approximate surface area is 142 Å². The average molecular weight is 309 g/mol. The zero-order chi connectivity index (χ0) is 16.2. The zero-order valence-corrected chi connectivity index (χ0v) is 15.4. The van der Waals surface area contributed by atoms with Crippen LogP contribution >= 0.6 is 0 Å². The molecule has 0 amide bonds. The first-order valence-corrected chi connectivity index (χ1v) is 9.82. The Hall–Kier alpha value is -1.04. The smallest absolute Gasteiger partial charge is 0.00484 e. The molecule has 0 saturated carbocycles. The van der Waals surface area contributed by atoms with E-state index in [0.29, 0.717) is 17.3 Å². The van der Waals surface area contributed by atoms with Gasteiger partial charge in [-0.3, -0.25) is 0 Å². The van der Waals surface area contributed by atoms with Gasteiger partial charge in [-0.25, -0.2) is 0 Å². The molecule has 0 fully saturated rings. The summed E-state index contributed by atoms with van der Waals surface area (Å²) in [5.74, 6) is 2.84. The summed E-state index contributed by atoms with van der Waals surface area (Å²) in [5.41, 5.74) is 7.22. The van der Waals surface area contributed by atoms with Crippen LogP contribution < -0.4 is 0 Å². The SMILES string of the molecule is CC1CCCC2=C1C(C(C)(C)C1C=CC3=C1C(C)CCC3)C=C2. The Morgan fingerprint density at radius 2 is 1.22 bits per heavy atom. The fourth-order valence-corrected chi connectivity index (χ4v) is 5.92. The fraction of sp³-hybridized carbons (Fsp3) is 0.652. The van der Waals surface area contributed by atoms with Crippen LogP contribution in [-0.4, -0.2) is 0 Å². The minimum atomic E-state index is 0.304. The first-order valence-electron chi connectivity index (χ1n) is 9.82. The van der Waals surface area contributed by atoms with Gasteiger partial charge in [0.2, 0.25) is 0 Å². The lowest BCUT2D eigenvalue weighted by molar-refractivity contribution is 0.208. The number of hydrogen-bond donors (Lipinski definition) is 0. The molecule has 124 valence electrons. The van der Waals surface area contributed by atoms with E-state index in [1.54, 1.807) is 22.3 Å². The fourth-order valence-electron chi connectivity index (χ4n) is 5.92. The molecule has 23 heavy (non-hydrogen) atoms. The number of allylic oxidation sites excluding steroid dienone is 8. The molecule has 0 heterocycles. The van der Waals surface area contributed by atoms with Crippen LogP contribution in [0.15, 0.2) is 46.6 Å². The van der Waals surface area contributed by atoms with Crippen LogP contribution in [-0.2, 0) is 0 Å². The van der Waals surface area contributed by atoms with Gasteiger partial charge in [0.25, 0.3) is 0 Å². The topological polar surface area (TPSA) is 0 Å². The van der Waals surface area contributed by atoms with Crippen LogP contribution in [0.3, 0.4) is 0 Å². The van der Waals surface area contributed by atoms with Crippen LogP contribution in [0.1, 0.15) is 66.2 Å². The van der Waals surface area contributed by atoms with Gasteiger partial charge in [-0.1, -0.05) is 63.1 Å². The minimum absolute atomic E-state index is 0.304. The average Bonchev–Trinajstić information content (AvgIpc) is 3.12. The highest BCUT2D eigenvalue weighted by Gasteiger charge is 2.45. The van der Waals surface area contributed by atoms with Gasteiger partial charge in [0.15, 0.2) is 0 Å². The molecule has 0 nitrogen and oxygen atoms in total. The normalized spacial score (nSPS) is 36.7. The molecule has 4 unspecified atom stereocenters. The van der Waals surface area contributed by atoms with Crippen molar-refractivity contribution in [2.45, 2.75) is 66.2 Å². The van der Waals surface area contributed by atoms with Crippen molar-refractivity contribution in [3.8, 4) is 0 Å². The second-order valence-corrected chi connectivity index (χ2v) is 9.04. The Morgan fingerprint density at radius 1 is 0.783 bits per heavy atom. The van der Waals surface area contributed by atoms with E-state index in [2.05, 4.69) is 52.0 Å². The summed E-state index contributed by atoms with van der Waals surface area (Å²) < 4.78 is 0. The summed E-state index contributed by atoms with van der Waals surface area (Å²) in [6.45, 7) is 9.99. The van der Waals surface area contributed by atoms with Crippen molar-refractivity contribution >= 4 is 0 Å². The van der Waals surface area contributed by atoms with Crippen molar-refractivity contribution < 1.29 is 0 Å². The van der Waals surface area contributed by atoms with Crippen molar-refractivity contribution in [1.29, 1.82) is 0 Å². The van der Waals surface area contributed by atoms with Gasteiger partial charge >= 0.3 is 0 Å². The molecule has 0 aromatic rings. The van der Waals surface area contributed by atoms with Crippen LogP contribution in [0.5, 0.6) is 0 Å². The van der Waals surface area contributed by atoms with Gasteiger partial charge in [0, 0.05) is 11.8 Å². The third-order valence-corrected chi connectivity index (χ3v) is 7.22. The lowest BCUT2D eigenvalue weighted by Crippen LogP contribution is -2.35. The van der Waals surface area contributed by atoms with Gasteiger partial charge in [0.1, 0.15) is 0 Å². The van der Waals surface area contributed by atoms with E-state index in [9.17, 15) is 0 Å². The summed E-state index contributed by atoms with van der Waals surface area (Å²) in [6.07, 6.45) is 18.2. The highest BCUT2D eigenvalue weighted by molar-refractivity contribution is 5.45. The van der Waals surface area contributed by atoms with Gasteiger partial charge in [0.05, 0.1) is 0 Å². The van der Waals surface area contributed by atoms with Gasteiger partial charge in [-0.2, -0.15) is 0 Å². The summed E-state index contributed by atoms with van der Waals surface area (Å²) in [6, 6.07) is 0. The van der Waals surface area contributed by atoms with E-state index in [1.807, 2.05) is 0 Å². The quantitative estimate of drug-likeness (QED) is 0.538. The van der Waals surface area contributed by atoms with Gasteiger partial charge in [-0.15, -0.1) is 0 Å². The molecule has 0 aromatic carbocycles. The molecule has 0 bridgehead atoms. The van der Waals surface area contributed by atoms with Crippen LogP contribution in [0.25, 0.3) is 0 Å². The van der Waals surface area contributed by atoms with Crippen molar-refractivity contribution in [1.82, 2.24) is 0 Å².